The Labute approximate surface area is 192 Å². The molecule has 0 aliphatic carbocycles. The molecule has 0 fully saturated rings. The Morgan fingerprint density at radius 3 is 2.61 bits per heavy atom. The summed E-state index contributed by atoms with van der Waals surface area (Å²) in [6.07, 6.45) is 2.08. The number of aryl methyl sites for hydroxylation is 2. The van der Waals surface area contributed by atoms with E-state index in [0.717, 1.165) is 22.1 Å². The van der Waals surface area contributed by atoms with Crippen LogP contribution in [-0.4, -0.2) is 35.7 Å². The number of hydrogen-bond donors (Lipinski definition) is 2. The van der Waals surface area contributed by atoms with Crippen LogP contribution in [0.15, 0.2) is 32.4 Å². The fourth-order valence-corrected chi connectivity index (χ4v) is 3.84. The van der Waals surface area contributed by atoms with Crippen LogP contribution in [0, 0.1) is 19.8 Å². The van der Waals surface area contributed by atoms with Crippen molar-refractivity contribution < 1.29 is 13.9 Å². The maximum atomic E-state index is 13.5. The first-order valence-electron chi connectivity index (χ1n) is 11.0. The molecule has 9 nitrogen and oxygen atoms in total. The van der Waals surface area contributed by atoms with Crippen LogP contribution in [0.25, 0.3) is 11.0 Å². The molecule has 0 aliphatic rings. The van der Waals surface area contributed by atoms with Crippen molar-refractivity contribution in [1.82, 2.24) is 9.55 Å². The molecule has 3 N–H and O–H groups in total. The zero-order chi connectivity index (χ0) is 24.3. The van der Waals surface area contributed by atoms with E-state index in [4.69, 9.17) is 14.9 Å². The SMILES string of the molecule is COCCCN(C(=O)Cc1coc2cc(C)c(C)cc12)c1c(N)n(CC(C)C)c(=O)[nH]c1=O. The summed E-state index contributed by atoms with van der Waals surface area (Å²) in [4.78, 5) is 42.3. The van der Waals surface area contributed by atoms with E-state index in [1.54, 1.807) is 13.4 Å². The summed E-state index contributed by atoms with van der Waals surface area (Å²) >= 11 is 0. The lowest BCUT2D eigenvalue weighted by Crippen LogP contribution is -2.42. The summed E-state index contributed by atoms with van der Waals surface area (Å²) in [5, 5.41) is 0.856. The number of nitrogens with one attached hydrogen (secondary N) is 1. The van der Waals surface area contributed by atoms with Crippen LogP contribution in [0.5, 0.6) is 0 Å². The Morgan fingerprint density at radius 2 is 1.94 bits per heavy atom. The number of rotatable bonds is 9. The van der Waals surface area contributed by atoms with Crippen LogP contribution in [-0.2, 0) is 22.5 Å². The van der Waals surface area contributed by atoms with Gasteiger partial charge in [-0.1, -0.05) is 13.8 Å². The van der Waals surface area contributed by atoms with Crippen molar-refractivity contribution in [3.05, 3.63) is 55.9 Å². The normalized spacial score (nSPS) is 11.5. The van der Waals surface area contributed by atoms with Crippen molar-refractivity contribution in [1.29, 1.82) is 0 Å². The average molecular weight is 457 g/mol. The van der Waals surface area contributed by atoms with Crippen molar-refractivity contribution in [3.63, 3.8) is 0 Å². The number of amides is 1. The van der Waals surface area contributed by atoms with Crippen molar-refractivity contribution >= 4 is 28.4 Å². The molecule has 33 heavy (non-hydrogen) atoms. The van der Waals surface area contributed by atoms with Crippen LogP contribution in [0.3, 0.4) is 0 Å². The van der Waals surface area contributed by atoms with Gasteiger partial charge in [-0.25, -0.2) is 4.79 Å². The molecule has 0 bridgehead atoms. The Bertz CT molecular complexity index is 1270. The average Bonchev–Trinajstić information content (AvgIpc) is 3.11. The van der Waals surface area contributed by atoms with E-state index in [0.29, 0.717) is 25.2 Å². The fraction of sp³-hybridized carbons (Fsp3) is 0.458. The van der Waals surface area contributed by atoms with Gasteiger partial charge in [-0.2, -0.15) is 0 Å². The monoisotopic (exact) mass is 456 g/mol. The van der Waals surface area contributed by atoms with Gasteiger partial charge in [-0.05, 0) is 49.4 Å². The second kappa shape index (κ2) is 10.1. The molecule has 2 aromatic heterocycles. The van der Waals surface area contributed by atoms with Crippen LogP contribution in [0.1, 0.15) is 37.0 Å². The summed E-state index contributed by atoms with van der Waals surface area (Å²) in [6, 6.07) is 3.94. The van der Waals surface area contributed by atoms with E-state index in [1.807, 2.05) is 39.8 Å². The summed E-state index contributed by atoms with van der Waals surface area (Å²) in [5.41, 5.74) is 8.60. The van der Waals surface area contributed by atoms with Gasteiger partial charge in [0.25, 0.3) is 5.56 Å². The van der Waals surface area contributed by atoms with Gasteiger partial charge in [-0.15, -0.1) is 0 Å². The van der Waals surface area contributed by atoms with E-state index >= 15 is 0 Å². The van der Waals surface area contributed by atoms with Gasteiger partial charge in [0.15, 0.2) is 5.69 Å². The molecular formula is C24H32N4O5. The molecule has 2 heterocycles. The van der Waals surface area contributed by atoms with Crippen LogP contribution >= 0.6 is 0 Å². The van der Waals surface area contributed by atoms with Gasteiger partial charge >= 0.3 is 5.69 Å². The summed E-state index contributed by atoms with van der Waals surface area (Å²) in [6.45, 7) is 8.81. The Kier molecular flexibility index (Phi) is 7.43. The topological polar surface area (TPSA) is 124 Å². The molecule has 178 valence electrons. The van der Waals surface area contributed by atoms with Gasteiger partial charge in [-0.3, -0.25) is 19.1 Å². The van der Waals surface area contributed by atoms with E-state index in [1.165, 1.54) is 9.47 Å². The summed E-state index contributed by atoms with van der Waals surface area (Å²) in [5.74, 6) is -0.226. The minimum absolute atomic E-state index is 0.0174. The number of carbonyl (C=O) groups excluding carboxylic acids is 1. The Hall–Kier alpha value is -3.33. The summed E-state index contributed by atoms with van der Waals surface area (Å²) in [7, 11) is 1.57. The highest BCUT2D eigenvalue weighted by Crippen LogP contribution is 2.26. The van der Waals surface area contributed by atoms with Gasteiger partial charge in [0.05, 0.1) is 12.7 Å². The van der Waals surface area contributed by atoms with E-state index < -0.39 is 11.2 Å². The maximum Gasteiger partial charge on any atom is 0.330 e. The second-order valence-electron chi connectivity index (χ2n) is 8.76. The smallest absolute Gasteiger partial charge is 0.330 e. The van der Waals surface area contributed by atoms with Gasteiger partial charge in [0.2, 0.25) is 5.91 Å². The zero-order valence-corrected chi connectivity index (χ0v) is 19.9. The van der Waals surface area contributed by atoms with E-state index in [9.17, 15) is 14.4 Å². The Balaban J connectivity index is 2.03. The molecule has 3 aromatic rings. The lowest BCUT2D eigenvalue weighted by Gasteiger charge is -2.25. The zero-order valence-electron chi connectivity index (χ0n) is 19.9. The minimum Gasteiger partial charge on any atom is -0.464 e. The van der Waals surface area contributed by atoms with Crippen molar-refractivity contribution in [3.8, 4) is 0 Å². The third-order valence-electron chi connectivity index (χ3n) is 5.67. The predicted molar refractivity (Wildman–Crippen MR) is 129 cm³/mol. The number of nitrogens with zero attached hydrogens (tertiary/aromatic N) is 2. The number of nitrogen functional groups attached to an aromatic ring is 1. The molecular weight excluding hydrogens is 424 g/mol. The van der Waals surface area contributed by atoms with Gasteiger partial charge < -0.3 is 19.8 Å². The highest BCUT2D eigenvalue weighted by Gasteiger charge is 2.25. The number of nitrogens with two attached hydrogens (primary N) is 1. The molecule has 0 unspecified atom stereocenters. The summed E-state index contributed by atoms with van der Waals surface area (Å²) < 4.78 is 12.1. The number of fused-ring (bicyclic) bond motifs is 1. The number of aromatic nitrogens is 2. The largest absolute Gasteiger partial charge is 0.464 e. The minimum atomic E-state index is -0.688. The quantitative estimate of drug-likeness (QED) is 0.477. The lowest BCUT2D eigenvalue weighted by molar-refractivity contribution is -0.118. The molecule has 0 saturated carbocycles. The first-order chi connectivity index (χ1) is 15.6. The number of H-pyrrole nitrogens is 1. The Morgan fingerprint density at radius 1 is 1.24 bits per heavy atom. The number of ether oxygens (including phenoxy) is 1. The fourth-order valence-electron chi connectivity index (χ4n) is 3.84. The molecule has 3 rings (SSSR count). The highest BCUT2D eigenvalue weighted by molar-refractivity contribution is 5.99. The molecule has 0 atom stereocenters. The lowest BCUT2D eigenvalue weighted by atomic mass is 10.0. The van der Waals surface area contributed by atoms with Gasteiger partial charge in [0.1, 0.15) is 11.4 Å². The predicted octanol–water partition coefficient (Wildman–Crippen LogP) is 2.75. The third kappa shape index (κ3) is 5.19. The molecule has 9 heteroatoms. The number of aromatic amines is 1. The van der Waals surface area contributed by atoms with Crippen molar-refractivity contribution in [2.24, 2.45) is 5.92 Å². The number of carbonyl (C=O) groups is 1. The van der Waals surface area contributed by atoms with Gasteiger partial charge in [0, 0.05) is 37.8 Å². The molecule has 0 saturated heterocycles. The van der Waals surface area contributed by atoms with Crippen LogP contribution in [0.4, 0.5) is 11.5 Å². The van der Waals surface area contributed by atoms with Crippen LogP contribution in [0.2, 0.25) is 0 Å². The third-order valence-corrected chi connectivity index (χ3v) is 5.67. The number of anilines is 2. The molecule has 0 radical (unpaired) electrons. The number of furan rings is 1. The van der Waals surface area contributed by atoms with Crippen molar-refractivity contribution in [2.75, 3.05) is 30.9 Å². The van der Waals surface area contributed by atoms with Crippen LogP contribution < -0.4 is 21.9 Å². The molecule has 0 spiro atoms. The maximum absolute atomic E-state index is 13.5. The molecule has 1 amide bonds. The van der Waals surface area contributed by atoms with E-state index in [-0.39, 0.29) is 36.3 Å². The highest BCUT2D eigenvalue weighted by atomic mass is 16.5. The first-order valence-corrected chi connectivity index (χ1v) is 11.0. The molecule has 1 aromatic carbocycles. The second-order valence-corrected chi connectivity index (χ2v) is 8.76. The first kappa shape index (κ1) is 24.3. The number of methoxy groups -OCH3 is 1. The molecule has 0 aliphatic heterocycles. The number of benzene rings is 1. The number of hydrogen-bond acceptors (Lipinski definition) is 6. The van der Waals surface area contributed by atoms with Crippen molar-refractivity contribution in [2.45, 2.75) is 47.1 Å². The van der Waals surface area contributed by atoms with E-state index in [2.05, 4.69) is 4.98 Å². The standard InChI is InChI=1S/C24H32N4O5/c1-14(2)12-28-22(25)21(23(30)26-24(28)31)27(7-6-8-32-5)20(29)11-17-13-33-19-10-16(4)15(3)9-18(17)19/h9-10,13-14H,6-8,11-12,25H2,1-5H3,(H,26,30,31).